The standard InChI is InChI=1S/C32H68N.HI/c1-9-17-21-29(13-5)25-33(26-30(14-6)22-18-10-2,27-31(15-7)23-19-11-3)28-32(16-8)24-20-12-4;/h29-32H,9-28H2,1-8H3;1H/q+1;/p-1. The fourth-order valence-corrected chi connectivity index (χ4v) is 6.31. The van der Waals surface area contributed by atoms with E-state index in [1.807, 2.05) is 0 Å². The van der Waals surface area contributed by atoms with Gasteiger partial charge in [-0.25, -0.2) is 0 Å². The molecule has 0 amide bonds. The molecule has 2 heteroatoms. The highest BCUT2D eigenvalue weighted by atomic mass is 127. The topological polar surface area (TPSA) is 0 Å². The third-order valence-electron chi connectivity index (χ3n) is 8.76. The first-order valence-corrected chi connectivity index (χ1v) is 15.8. The van der Waals surface area contributed by atoms with Crippen LogP contribution in [0.4, 0.5) is 0 Å². The van der Waals surface area contributed by atoms with Gasteiger partial charge in [-0.3, -0.25) is 0 Å². The van der Waals surface area contributed by atoms with E-state index >= 15 is 0 Å². The molecule has 0 radical (unpaired) electrons. The first kappa shape index (κ1) is 36.8. The second-order valence-electron chi connectivity index (χ2n) is 11.7. The Balaban J connectivity index is 0. The first-order valence-electron chi connectivity index (χ1n) is 15.8. The molecule has 4 unspecified atom stereocenters. The number of hydrogen-bond donors (Lipinski definition) is 0. The van der Waals surface area contributed by atoms with Gasteiger partial charge in [0.2, 0.25) is 0 Å². The minimum Gasteiger partial charge on any atom is -1.00 e. The Hall–Kier alpha value is 0.690. The predicted octanol–water partition coefficient (Wildman–Crippen LogP) is 7.67. The normalized spacial score (nSPS) is 16.9. The summed E-state index contributed by atoms with van der Waals surface area (Å²) in [4.78, 5) is 0. The van der Waals surface area contributed by atoms with E-state index in [9.17, 15) is 0 Å². The molecule has 0 aromatic rings. The van der Waals surface area contributed by atoms with Crippen LogP contribution in [0.1, 0.15) is 158 Å². The van der Waals surface area contributed by atoms with Crippen molar-refractivity contribution < 1.29 is 28.5 Å². The van der Waals surface area contributed by atoms with Crippen molar-refractivity contribution in [3.8, 4) is 0 Å². The van der Waals surface area contributed by atoms with Crippen molar-refractivity contribution in [2.75, 3.05) is 26.2 Å². The second kappa shape index (κ2) is 24.1. The van der Waals surface area contributed by atoms with Crippen LogP contribution in [0.15, 0.2) is 0 Å². The molecule has 0 fully saturated rings. The van der Waals surface area contributed by atoms with E-state index in [0.29, 0.717) is 0 Å². The molecule has 1 nitrogen and oxygen atoms in total. The molecule has 0 N–H and O–H groups in total. The SMILES string of the molecule is CCCCC(CC)C[N+](CC(CC)CCCC)(CC(CC)CCCC)CC(CC)CCCC.[I-]. The van der Waals surface area contributed by atoms with Gasteiger partial charge >= 0.3 is 0 Å². The highest BCUT2D eigenvalue weighted by Crippen LogP contribution is 2.31. The summed E-state index contributed by atoms with van der Waals surface area (Å²) in [5.41, 5.74) is 0. The Kier molecular flexibility index (Phi) is 26.1. The summed E-state index contributed by atoms with van der Waals surface area (Å²) in [6, 6.07) is 0. The minimum absolute atomic E-state index is 0. The summed E-state index contributed by atoms with van der Waals surface area (Å²) in [5.74, 6) is 3.67. The average molecular weight is 594 g/mol. The Morgan fingerprint density at radius 1 is 0.382 bits per heavy atom. The molecule has 0 rings (SSSR count). The number of unbranched alkanes of at least 4 members (excludes halogenated alkanes) is 4. The van der Waals surface area contributed by atoms with E-state index in [0.717, 1.165) is 23.7 Å². The maximum absolute atomic E-state index is 2.48. The number of rotatable bonds is 24. The van der Waals surface area contributed by atoms with Crippen molar-refractivity contribution in [3.05, 3.63) is 0 Å². The van der Waals surface area contributed by atoms with E-state index in [4.69, 9.17) is 0 Å². The molecule has 208 valence electrons. The van der Waals surface area contributed by atoms with Gasteiger partial charge in [-0.05, 0) is 51.4 Å². The highest BCUT2D eigenvalue weighted by Gasteiger charge is 2.36. The van der Waals surface area contributed by atoms with Crippen LogP contribution in [0.3, 0.4) is 0 Å². The third kappa shape index (κ3) is 16.4. The Bertz CT molecular complexity index is 332. The van der Waals surface area contributed by atoms with Gasteiger partial charge in [0.25, 0.3) is 0 Å². The average Bonchev–Trinajstić information content (AvgIpc) is 2.84. The van der Waals surface area contributed by atoms with Crippen LogP contribution in [0.25, 0.3) is 0 Å². The predicted molar refractivity (Wildman–Crippen MR) is 153 cm³/mol. The van der Waals surface area contributed by atoms with Gasteiger partial charge in [-0.1, -0.05) is 107 Å². The van der Waals surface area contributed by atoms with Gasteiger partial charge in [0.05, 0.1) is 26.2 Å². The molecule has 0 spiro atoms. The summed E-state index contributed by atoms with van der Waals surface area (Å²) in [5, 5.41) is 0. The molecule has 0 aliphatic heterocycles. The molecule has 0 aliphatic carbocycles. The Morgan fingerprint density at radius 2 is 0.588 bits per heavy atom. The molecular formula is C32H68IN. The largest absolute Gasteiger partial charge is 1.00 e. The van der Waals surface area contributed by atoms with E-state index < -0.39 is 0 Å². The smallest absolute Gasteiger partial charge is 0.0815 e. The molecule has 0 aromatic heterocycles. The lowest BCUT2D eigenvalue weighted by Crippen LogP contribution is -3.00. The number of nitrogens with zero attached hydrogens (tertiary/aromatic N) is 1. The van der Waals surface area contributed by atoms with Crippen LogP contribution in [-0.4, -0.2) is 30.7 Å². The number of halogens is 1. The second-order valence-corrected chi connectivity index (χ2v) is 11.7. The third-order valence-corrected chi connectivity index (χ3v) is 8.76. The zero-order valence-corrected chi connectivity index (χ0v) is 27.4. The van der Waals surface area contributed by atoms with Crippen molar-refractivity contribution in [1.82, 2.24) is 0 Å². The molecule has 0 aliphatic rings. The molecule has 4 atom stereocenters. The first-order chi connectivity index (χ1) is 16.0. The van der Waals surface area contributed by atoms with E-state index in [1.165, 1.54) is 133 Å². The monoisotopic (exact) mass is 593 g/mol. The number of hydrogen-bond acceptors (Lipinski definition) is 0. The summed E-state index contributed by atoms with van der Waals surface area (Å²) in [6.45, 7) is 25.3. The van der Waals surface area contributed by atoms with Gasteiger partial charge in [-0.15, -0.1) is 0 Å². The lowest BCUT2D eigenvalue weighted by molar-refractivity contribution is -0.940. The maximum atomic E-state index is 2.48. The van der Waals surface area contributed by atoms with Crippen molar-refractivity contribution in [3.63, 3.8) is 0 Å². The molecule has 0 aromatic carbocycles. The van der Waals surface area contributed by atoms with Crippen LogP contribution in [0.2, 0.25) is 0 Å². The molecule has 0 saturated carbocycles. The zero-order chi connectivity index (χ0) is 25.0. The van der Waals surface area contributed by atoms with Crippen molar-refractivity contribution in [1.29, 1.82) is 0 Å². The Morgan fingerprint density at radius 3 is 0.735 bits per heavy atom. The van der Waals surface area contributed by atoms with Crippen molar-refractivity contribution >= 4 is 0 Å². The fourth-order valence-electron chi connectivity index (χ4n) is 6.31. The molecule has 34 heavy (non-hydrogen) atoms. The summed E-state index contributed by atoms with van der Waals surface area (Å²) >= 11 is 0. The zero-order valence-electron chi connectivity index (χ0n) is 25.3. The lowest BCUT2D eigenvalue weighted by atomic mass is 9.88. The van der Waals surface area contributed by atoms with Gasteiger partial charge in [0.15, 0.2) is 0 Å². The Labute approximate surface area is 235 Å². The van der Waals surface area contributed by atoms with Gasteiger partial charge in [0.1, 0.15) is 0 Å². The summed E-state index contributed by atoms with van der Waals surface area (Å²) in [7, 11) is 0. The van der Waals surface area contributed by atoms with E-state index in [-0.39, 0.29) is 24.0 Å². The quantitative estimate of drug-likeness (QED) is 0.0796. The van der Waals surface area contributed by atoms with Gasteiger partial charge in [-0.2, -0.15) is 0 Å². The highest BCUT2D eigenvalue weighted by molar-refractivity contribution is 4.69. The van der Waals surface area contributed by atoms with Crippen LogP contribution in [0.5, 0.6) is 0 Å². The number of quaternary nitrogens is 1. The van der Waals surface area contributed by atoms with Crippen LogP contribution in [-0.2, 0) is 0 Å². The summed E-state index contributed by atoms with van der Waals surface area (Å²) in [6.07, 6.45) is 22.4. The minimum atomic E-state index is 0. The van der Waals surface area contributed by atoms with Gasteiger partial charge < -0.3 is 28.5 Å². The van der Waals surface area contributed by atoms with Crippen LogP contribution in [0, 0.1) is 23.7 Å². The maximum Gasteiger partial charge on any atom is 0.0815 e. The van der Waals surface area contributed by atoms with Crippen LogP contribution < -0.4 is 24.0 Å². The van der Waals surface area contributed by atoms with Crippen LogP contribution >= 0.6 is 0 Å². The van der Waals surface area contributed by atoms with E-state index in [1.54, 1.807) is 0 Å². The molecule has 0 bridgehead atoms. The van der Waals surface area contributed by atoms with Gasteiger partial charge in [0, 0.05) is 23.7 Å². The molecular weight excluding hydrogens is 525 g/mol. The lowest BCUT2D eigenvalue weighted by Gasteiger charge is -2.47. The summed E-state index contributed by atoms with van der Waals surface area (Å²) < 4.78 is 1.45. The molecule has 0 saturated heterocycles. The van der Waals surface area contributed by atoms with Crippen molar-refractivity contribution in [2.45, 2.75) is 158 Å². The molecule has 0 heterocycles. The van der Waals surface area contributed by atoms with Crippen molar-refractivity contribution in [2.24, 2.45) is 23.7 Å². The van der Waals surface area contributed by atoms with E-state index in [2.05, 4.69) is 55.4 Å². The fraction of sp³-hybridized carbons (Fsp3) is 1.00.